The molecule has 1 aliphatic carbocycles. The Labute approximate surface area is 98.3 Å². The lowest BCUT2D eigenvalue weighted by Gasteiger charge is -2.11. The average molecular weight is 221 g/mol. The summed E-state index contributed by atoms with van der Waals surface area (Å²) in [5.41, 5.74) is 0. The van der Waals surface area contributed by atoms with Crippen LogP contribution in [-0.2, 0) is 13.1 Å². The standard InChI is InChI=1S/C13H23N3/c1-3-16-7-6-15-13(16)10-14-9-12-5-4-11(2)8-12/h6-7,11-12,14H,3-5,8-10H2,1-2H3. The number of aryl methyl sites for hydroxylation is 1. The van der Waals surface area contributed by atoms with E-state index in [0.29, 0.717) is 0 Å². The molecule has 1 aromatic rings. The molecule has 3 nitrogen and oxygen atoms in total. The summed E-state index contributed by atoms with van der Waals surface area (Å²) >= 11 is 0. The van der Waals surface area contributed by atoms with Gasteiger partial charge in [0.2, 0.25) is 0 Å². The first-order chi connectivity index (χ1) is 7.79. The molecule has 0 radical (unpaired) electrons. The molecule has 0 amide bonds. The van der Waals surface area contributed by atoms with Gasteiger partial charge in [-0.1, -0.05) is 13.3 Å². The van der Waals surface area contributed by atoms with Gasteiger partial charge >= 0.3 is 0 Å². The smallest absolute Gasteiger partial charge is 0.122 e. The van der Waals surface area contributed by atoms with Crippen molar-refractivity contribution >= 4 is 0 Å². The maximum Gasteiger partial charge on any atom is 0.122 e. The molecular formula is C13H23N3. The number of imidazole rings is 1. The van der Waals surface area contributed by atoms with Crippen molar-refractivity contribution in [2.45, 2.75) is 46.2 Å². The van der Waals surface area contributed by atoms with Crippen LogP contribution in [0.3, 0.4) is 0 Å². The summed E-state index contributed by atoms with van der Waals surface area (Å²) in [5.74, 6) is 2.98. The van der Waals surface area contributed by atoms with Gasteiger partial charge in [0.15, 0.2) is 0 Å². The van der Waals surface area contributed by atoms with Crippen LogP contribution >= 0.6 is 0 Å². The Morgan fingerprint density at radius 2 is 2.38 bits per heavy atom. The van der Waals surface area contributed by atoms with Crippen molar-refractivity contribution < 1.29 is 0 Å². The second kappa shape index (κ2) is 5.48. The molecule has 16 heavy (non-hydrogen) atoms. The van der Waals surface area contributed by atoms with Crippen LogP contribution in [0, 0.1) is 11.8 Å². The Kier molecular flexibility index (Phi) is 3.99. The van der Waals surface area contributed by atoms with E-state index in [1.165, 1.54) is 19.3 Å². The molecule has 2 unspecified atom stereocenters. The molecule has 3 heteroatoms. The zero-order valence-electron chi connectivity index (χ0n) is 10.4. The molecule has 1 saturated carbocycles. The molecule has 1 fully saturated rings. The minimum absolute atomic E-state index is 0.889. The lowest BCUT2D eigenvalue weighted by molar-refractivity contribution is 0.462. The van der Waals surface area contributed by atoms with Crippen molar-refractivity contribution in [3.05, 3.63) is 18.2 Å². The van der Waals surface area contributed by atoms with E-state index in [1.54, 1.807) is 0 Å². The van der Waals surface area contributed by atoms with Crippen molar-refractivity contribution in [1.82, 2.24) is 14.9 Å². The molecule has 2 atom stereocenters. The van der Waals surface area contributed by atoms with Crippen molar-refractivity contribution in [1.29, 1.82) is 0 Å². The summed E-state index contributed by atoms with van der Waals surface area (Å²) in [6, 6.07) is 0. The summed E-state index contributed by atoms with van der Waals surface area (Å²) in [7, 11) is 0. The van der Waals surface area contributed by atoms with Gasteiger partial charge in [-0.05, 0) is 38.1 Å². The van der Waals surface area contributed by atoms with Gasteiger partial charge in [-0.15, -0.1) is 0 Å². The fourth-order valence-corrected chi connectivity index (χ4v) is 2.69. The van der Waals surface area contributed by atoms with Gasteiger partial charge in [-0.2, -0.15) is 0 Å². The minimum Gasteiger partial charge on any atom is -0.334 e. The van der Waals surface area contributed by atoms with Crippen LogP contribution in [0.15, 0.2) is 12.4 Å². The highest BCUT2D eigenvalue weighted by atomic mass is 15.1. The first-order valence-electron chi connectivity index (χ1n) is 6.50. The topological polar surface area (TPSA) is 29.9 Å². The van der Waals surface area contributed by atoms with Gasteiger partial charge in [0.05, 0.1) is 6.54 Å². The Morgan fingerprint density at radius 1 is 1.50 bits per heavy atom. The van der Waals surface area contributed by atoms with Gasteiger partial charge in [0.1, 0.15) is 5.82 Å². The number of aromatic nitrogens is 2. The normalized spacial score (nSPS) is 25.1. The summed E-state index contributed by atoms with van der Waals surface area (Å²) in [6.45, 7) is 7.59. The molecule has 2 rings (SSSR count). The lowest BCUT2D eigenvalue weighted by atomic mass is 10.1. The number of nitrogens with one attached hydrogen (secondary N) is 1. The molecule has 1 heterocycles. The van der Waals surface area contributed by atoms with E-state index in [9.17, 15) is 0 Å². The molecule has 0 aromatic carbocycles. The first-order valence-corrected chi connectivity index (χ1v) is 6.50. The second-order valence-electron chi connectivity index (χ2n) is 5.04. The second-order valence-corrected chi connectivity index (χ2v) is 5.04. The molecule has 0 saturated heterocycles. The lowest BCUT2D eigenvalue weighted by Crippen LogP contribution is -2.22. The Morgan fingerprint density at radius 3 is 3.06 bits per heavy atom. The quantitative estimate of drug-likeness (QED) is 0.827. The van der Waals surface area contributed by atoms with Gasteiger partial charge in [-0.3, -0.25) is 0 Å². The Bertz CT molecular complexity index is 319. The molecule has 0 aliphatic heterocycles. The Balaban J connectivity index is 1.72. The zero-order chi connectivity index (χ0) is 11.4. The third-order valence-electron chi connectivity index (χ3n) is 3.66. The molecule has 0 spiro atoms. The predicted molar refractivity (Wildman–Crippen MR) is 66.1 cm³/mol. The molecular weight excluding hydrogens is 198 g/mol. The maximum absolute atomic E-state index is 4.37. The van der Waals surface area contributed by atoms with Gasteiger partial charge in [-0.25, -0.2) is 4.98 Å². The number of nitrogens with zero attached hydrogens (tertiary/aromatic N) is 2. The number of hydrogen-bond acceptors (Lipinski definition) is 2. The summed E-state index contributed by atoms with van der Waals surface area (Å²) in [6.07, 6.45) is 8.15. The van der Waals surface area contributed by atoms with Crippen LogP contribution in [-0.4, -0.2) is 16.1 Å². The van der Waals surface area contributed by atoms with Crippen molar-refractivity contribution in [3.8, 4) is 0 Å². The van der Waals surface area contributed by atoms with Crippen LogP contribution in [0.5, 0.6) is 0 Å². The van der Waals surface area contributed by atoms with E-state index >= 15 is 0 Å². The fraction of sp³-hybridized carbons (Fsp3) is 0.769. The van der Waals surface area contributed by atoms with E-state index < -0.39 is 0 Å². The minimum atomic E-state index is 0.889. The van der Waals surface area contributed by atoms with E-state index in [4.69, 9.17) is 0 Å². The molecule has 90 valence electrons. The number of hydrogen-bond donors (Lipinski definition) is 1. The van der Waals surface area contributed by atoms with Gasteiger partial charge < -0.3 is 9.88 Å². The largest absolute Gasteiger partial charge is 0.334 e. The van der Waals surface area contributed by atoms with Crippen LogP contribution < -0.4 is 5.32 Å². The van der Waals surface area contributed by atoms with E-state index in [-0.39, 0.29) is 0 Å². The zero-order valence-corrected chi connectivity index (χ0v) is 10.4. The van der Waals surface area contributed by atoms with E-state index in [1.807, 2.05) is 6.20 Å². The molecule has 1 aliphatic rings. The van der Waals surface area contributed by atoms with E-state index in [2.05, 4.69) is 34.9 Å². The highest BCUT2D eigenvalue weighted by molar-refractivity contribution is 4.91. The third kappa shape index (κ3) is 2.85. The highest BCUT2D eigenvalue weighted by Crippen LogP contribution is 2.29. The van der Waals surface area contributed by atoms with Crippen molar-refractivity contribution in [3.63, 3.8) is 0 Å². The van der Waals surface area contributed by atoms with Crippen molar-refractivity contribution in [2.75, 3.05) is 6.54 Å². The summed E-state index contributed by atoms with van der Waals surface area (Å²) < 4.78 is 2.20. The van der Waals surface area contributed by atoms with Crippen molar-refractivity contribution in [2.24, 2.45) is 11.8 Å². The third-order valence-corrected chi connectivity index (χ3v) is 3.66. The SMILES string of the molecule is CCn1ccnc1CNCC1CCC(C)C1. The van der Waals surface area contributed by atoms with Crippen LogP contribution in [0.25, 0.3) is 0 Å². The monoisotopic (exact) mass is 221 g/mol. The number of rotatable bonds is 5. The van der Waals surface area contributed by atoms with Crippen LogP contribution in [0.1, 0.15) is 38.9 Å². The van der Waals surface area contributed by atoms with Crippen LogP contribution in [0.4, 0.5) is 0 Å². The summed E-state index contributed by atoms with van der Waals surface area (Å²) in [5, 5.41) is 3.54. The van der Waals surface area contributed by atoms with Gasteiger partial charge in [0.25, 0.3) is 0 Å². The maximum atomic E-state index is 4.37. The molecule has 0 bridgehead atoms. The average Bonchev–Trinajstić information content (AvgIpc) is 2.87. The predicted octanol–water partition coefficient (Wildman–Crippen LogP) is 2.43. The Hall–Kier alpha value is -0.830. The molecule has 1 aromatic heterocycles. The van der Waals surface area contributed by atoms with Gasteiger partial charge in [0, 0.05) is 18.9 Å². The fourth-order valence-electron chi connectivity index (χ4n) is 2.69. The molecule has 1 N–H and O–H groups in total. The summed E-state index contributed by atoms with van der Waals surface area (Å²) in [4.78, 5) is 4.37. The highest BCUT2D eigenvalue weighted by Gasteiger charge is 2.20. The van der Waals surface area contributed by atoms with Crippen LogP contribution in [0.2, 0.25) is 0 Å². The first kappa shape index (κ1) is 11.6. The van der Waals surface area contributed by atoms with E-state index in [0.717, 1.165) is 37.3 Å².